The van der Waals surface area contributed by atoms with Crippen molar-refractivity contribution in [1.82, 2.24) is 0 Å². The van der Waals surface area contributed by atoms with Crippen molar-refractivity contribution in [1.29, 1.82) is 0 Å². The first-order valence-electron chi connectivity index (χ1n) is 6.04. The molecule has 0 N–H and O–H groups in total. The van der Waals surface area contributed by atoms with Crippen LogP contribution in [-0.2, 0) is 4.74 Å². The number of ether oxygens (including phenoxy) is 1. The second-order valence-electron chi connectivity index (χ2n) is 5.29. The molecule has 7 heteroatoms. The van der Waals surface area contributed by atoms with Crippen LogP contribution in [0.1, 0.15) is 38.5 Å². The van der Waals surface area contributed by atoms with E-state index in [1.165, 1.54) is 0 Å². The van der Waals surface area contributed by atoms with Gasteiger partial charge in [0.15, 0.2) is 0 Å². The van der Waals surface area contributed by atoms with Gasteiger partial charge in [-0.1, -0.05) is 12.8 Å². The van der Waals surface area contributed by atoms with Gasteiger partial charge in [-0.3, -0.25) is 20.2 Å². The molecule has 1 aliphatic heterocycles. The summed E-state index contributed by atoms with van der Waals surface area (Å²) in [5.41, 5.74) is -3.45. The monoisotopic (exact) mass is 242 g/mol. The second-order valence-corrected chi connectivity index (χ2v) is 5.29. The summed E-state index contributed by atoms with van der Waals surface area (Å²) >= 11 is 0. The summed E-state index contributed by atoms with van der Waals surface area (Å²) in [5, 5.41) is 22.3. The van der Waals surface area contributed by atoms with Crippen molar-refractivity contribution in [3.8, 4) is 0 Å². The van der Waals surface area contributed by atoms with Crippen molar-refractivity contribution >= 4 is 0 Å². The highest BCUT2D eigenvalue weighted by Crippen LogP contribution is 2.64. The molecule has 1 saturated heterocycles. The lowest BCUT2D eigenvalue weighted by Gasteiger charge is -2.34. The van der Waals surface area contributed by atoms with Gasteiger partial charge in [0, 0.05) is 0 Å². The standard InChI is InChI=1S/C10H14N2O5/c13-11(14)9-6-5-7-3-1-2-4-8(7)10(9,17-9)12(15)16/h7-8H,1-6H2. The lowest BCUT2D eigenvalue weighted by atomic mass is 9.67. The maximum Gasteiger partial charge on any atom is 0.430 e. The Morgan fingerprint density at radius 3 is 2.41 bits per heavy atom. The summed E-state index contributed by atoms with van der Waals surface area (Å²) in [6.07, 6.45) is 4.47. The normalized spacial score (nSPS) is 47.8. The third kappa shape index (κ3) is 1.10. The van der Waals surface area contributed by atoms with Crippen LogP contribution in [0.15, 0.2) is 0 Å². The molecule has 0 aromatic carbocycles. The van der Waals surface area contributed by atoms with Crippen LogP contribution in [0.25, 0.3) is 0 Å². The minimum atomic E-state index is -1.73. The Morgan fingerprint density at radius 1 is 1.06 bits per heavy atom. The molecule has 0 bridgehead atoms. The number of fused-ring (bicyclic) bond motifs is 3. The van der Waals surface area contributed by atoms with Crippen molar-refractivity contribution < 1.29 is 14.6 Å². The lowest BCUT2D eigenvalue weighted by molar-refractivity contribution is -0.630. The van der Waals surface area contributed by atoms with E-state index < -0.39 is 21.3 Å². The molecule has 7 nitrogen and oxygen atoms in total. The van der Waals surface area contributed by atoms with Gasteiger partial charge in [-0.2, -0.15) is 0 Å². The van der Waals surface area contributed by atoms with Crippen LogP contribution in [0.5, 0.6) is 0 Å². The van der Waals surface area contributed by atoms with Crippen LogP contribution in [0.4, 0.5) is 0 Å². The van der Waals surface area contributed by atoms with Crippen LogP contribution >= 0.6 is 0 Å². The average Bonchev–Trinajstić information content (AvgIpc) is 3.01. The molecule has 94 valence electrons. The summed E-state index contributed by atoms with van der Waals surface area (Å²) < 4.78 is 5.15. The van der Waals surface area contributed by atoms with Gasteiger partial charge in [0.2, 0.25) is 0 Å². The molecular weight excluding hydrogens is 228 g/mol. The van der Waals surface area contributed by atoms with Crippen molar-refractivity contribution in [2.24, 2.45) is 11.8 Å². The SMILES string of the molecule is O=[N+]([O-])C12CCC3CCCCC3C1([N+](=O)[O-])O2. The van der Waals surface area contributed by atoms with E-state index in [1.54, 1.807) is 0 Å². The molecular formula is C10H14N2O5. The van der Waals surface area contributed by atoms with E-state index in [0.29, 0.717) is 12.8 Å². The zero-order chi connectivity index (χ0) is 12.3. The van der Waals surface area contributed by atoms with E-state index in [9.17, 15) is 20.2 Å². The van der Waals surface area contributed by atoms with Crippen LogP contribution in [0.2, 0.25) is 0 Å². The number of nitro groups is 2. The number of nitrogens with zero attached hydrogens (tertiary/aromatic N) is 2. The van der Waals surface area contributed by atoms with E-state index in [0.717, 1.165) is 19.3 Å². The first kappa shape index (κ1) is 10.9. The molecule has 3 rings (SSSR count). The predicted octanol–water partition coefficient (Wildman–Crippen LogP) is 1.56. The Bertz CT molecular complexity index is 400. The van der Waals surface area contributed by atoms with Crippen molar-refractivity contribution in [2.75, 3.05) is 0 Å². The van der Waals surface area contributed by atoms with E-state index in [-0.39, 0.29) is 18.3 Å². The topological polar surface area (TPSA) is 98.8 Å². The highest BCUT2D eigenvalue weighted by Gasteiger charge is 2.96. The fourth-order valence-corrected chi connectivity index (χ4v) is 3.85. The molecule has 0 aromatic heterocycles. The fourth-order valence-electron chi connectivity index (χ4n) is 3.85. The Morgan fingerprint density at radius 2 is 1.76 bits per heavy atom. The van der Waals surface area contributed by atoms with Crippen LogP contribution in [-0.4, -0.2) is 21.3 Å². The first-order valence-corrected chi connectivity index (χ1v) is 6.04. The second kappa shape index (κ2) is 3.16. The maximum absolute atomic E-state index is 11.3. The third-order valence-electron chi connectivity index (χ3n) is 4.67. The molecule has 0 radical (unpaired) electrons. The van der Waals surface area contributed by atoms with Gasteiger partial charge >= 0.3 is 11.4 Å². The largest absolute Gasteiger partial charge is 0.430 e. The first-order chi connectivity index (χ1) is 8.04. The van der Waals surface area contributed by atoms with Gasteiger partial charge in [-0.25, -0.2) is 4.74 Å². The summed E-state index contributed by atoms with van der Waals surface area (Å²) in [7, 11) is 0. The number of hydrogen-bond donors (Lipinski definition) is 0. The van der Waals surface area contributed by atoms with Crippen molar-refractivity contribution in [2.45, 2.75) is 50.0 Å². The molecule has 1 heterocycles. The number of epoxide rings is 1. The molecule has 2 aliphatic carbocycles. The van der Waals surface area contributed by atoms with Crippen molar-refractivity contribution in [3.63, 3.8) is 0 Å². The van der Waals surface area contributed by atoms with E-state index >= 15 is 0 Å². The molecule has 3 aliphatic rings. The van der Waals surface area contributed by atoms with Gasteiger partial charge < -0.3 is 0 Å². The van der Waals surface area contributed by atoms with Crippen molar-refractivity contribution in [3.05, 3.63) is 20.2 Å². The highest BCUT2D eigenvalue weighted by atomic mass is 16.8. The lowest BCUT2D eigenvalue weighted by Crippen LogP contribution is -2.51. The zero-order valence-electron chi connectivity index (χ0n) is 9.33. The van der Waals surface area contributed by atoms with Crippen LogP contribution in [0.3, 0.4) is 0 Å². The summed E-state index contributed by atoms with van der Waals surface area (Å²) in [6.45, 7) is 0. The smallest absolute Gasteiger partial charge is 0.261 e. The number of rotatable bonds is 2. The quantitative estimate of drug-likeness (QED) is 0.415. The van der Waals surface area contributed by atoms with Gasteiger partial charge in [0.05, 0.1) is 22.2 Å². The Kier molecular flexibility index (Phi) is 2.02. The third-order valence-corrected chi connectivity index (χ3v) is 4.67. The minimum Gasteiger partial charge on any atom is -0.261 e. The van der Waals surface area contributed by atoms with Gasteiger partial charge in [0.1, 0.15) is 0 Å². The van der Waals surface area contributed by atoms with Gasteiger partial charge in [-0.05, 0) is 25.2 Å². The maximum atomic E-state index is 11.3. The Labute approximate surface area is 97.4 Å². The fraction of sp³-hybridized carbons (Fsp3) is 1.00. The average molecular weight is 242 g/mol. The van der Waals surface area contributed by atoms with E-state index in [1.807, 2.05) is 0 Å². The number of hydrogen-bond acceptors (Lipinski definition) is 5. The minimum absolute atomic E-state index is 0.183. The molecule has 4 unspecified atom stereocenters. The van der Waals surface area contributed by atoms with Crippen LogP contribution in [0, 0.1) is 32.1 Å². The zero-order valence-corrected chi connectivity index (χ0v) is 9.33. The van der Waals surface area contributed by atoms with Gasteiger partial charge in [0.25, 0.3) is 0 Å². The predicted molar refractivity (Wildman–Crippen MR) is 55.2 cm³/mol. The molecule has 0 amide bonds. The molecule has 4 atom stereocenters. The van der Waals surface area contributed by atoms with E-state index in [4.69, 9.17) is 4.74 Å². The highest BCUT2D eigenvalue weighted by molar-refractivity contribution is 5.11. The molecule has 2 saturated carbocycles. The molecule has 0 spiro atoms. The molecule has 0 aromatic rings. The Balaban J connectivity index is 2.00. The molecule has 3 fully saturated rings. The summed E-state index contributed by atoms with van der Waals surface area (Å²) in [5.74, 6) is -0.0462. The Hall–Kier alpha value is -1.24. The van der Waals surface area contributed by atoms with E-state index in [2.05, 4.69) is 0 Å². The summed E-state index contributed by atoms with van der Waals surface area (Å²) in [6, 6.07) is 0. The van der Waals surface area contributed by atoms with Gasteiger partial charge in [-0.15, -0.1) is 0 Å². The van der Waals surface area contributed by atoms with Crippen LogP contribution < -0.4 is 0 Å². The summed E-state index contributed by atoms with van der Waals surface area (Å²) in [4.78, 5) is 21.2. The molecule has 17 heavy (non-hydrogen) atoms.